The van der Waals surface area contributed by atoms with E-state index in [9.17, 15) is 14.0 Å². The van der Waals surface area contributed by atoms with Gasteiger partial charge >= 0.3 is 0 Å². The molecule has 0 aliphatic carbocycles. The van der Waals surface area contributed by atoms with Crippen molar-refractivity contribution in [2.45, 2.75) is 33.2 Å². The van der Waals surface area contributed by atoms with Gasteiger partial charge in [-0.3, -0.25) is 9.59 Å². The maximum atomic E-state index is 13.0. The molecule has 0 spiro atoms. The number of hydrogen-bond acceptors (Lipinski definition) is 2. The molecule has 6 heteroatoms. The topological polar surface area (TPSA) is 49.4 Å². The Morgan fingerprint density at radius 2 is 2.05 bits per heavy atom. The van der Waals surface area contributed by atoms with E-state index in [1.165, 1.54) is 25.1 Å². The number of nitrogens with one attached hydrogen (secondary N) is 1. The second-order valence-electron chi connectivity index (χ2n) is 4.73. The van der Waals surface area contributed by atoms with E-state index in [4.69, 9.17) is 11.6 Å². The molecule has 0 radical (unpaired) electrons. The van der Waals surface area contributed by atoms with Gasteiger partial charge in [-0.2, -0.15) is 0 Å². The van der Waals surface area contributed by atoms with Crippen LogP contribution in [0.5, 0.6) is 0 Å². The SMILES string of the molecule is CC(=O)N(CCC(=O)Nc1ccc(F)c(Cl)c1)C(C)C. The van der Waals surface area contributed by atoms with Gasteiger partial charge in [-0.1, -0.05) is 11.6 Å². The highest BCUT2D eigenvalue weighted by Crippen LogP contribution is 2.19. The average Bonchev–Trinajstić information content (AvgIpc) is 2.33. The number of halogens is 2. The fourth-order valence-corrected chi connectivity index (χ4v) is 1.98. The third kappa shape index (κ3) is 4.81. The van der Waals surface area contributed by atoms with E-state index in [2.05, 4.69) is 5.32 Å². The van der Waals surface area contributed by atoms with E-state index in [-0.39, 0.29) is 29.3 Å². The molecule has 0 fully saturated rings. The minimum atomic E-state index is -0.535. The first kappa shape index (κ1) is 16.4. The molecule has 0 unspecified atom stereocenters. The fraction of sp³-hybridized carbons (Fsp3) is 0.429. The molecule has 0 saturated heterocycles. The van der Waals surface area contributed by atoms with Crippen molar-refractivity contribution >= 4 is 29.1 Å². The highest BCUT2D eigenvalue weighted by molar-refractivity contribution is 6.31. The molecular weight excluding hydrogens is 283 g/mol. The molecule has 1 rings (SSSR count). The average molecular weight is 301 g/mol. The van der Waals surface area contributed by atoms with Crippen LogP contribution in [0.1, 0.15) is 27.2 Å². The third-order valence-electron chi connectivity index (χ3n) is 2.81. The lowest BCUT2D eigenvalue weighted by atomic mass is 10.2. The van der Waals surface area contributed by atoms with Gasteiger partial charge in [-0.25, -0.2) is 4.39 Å². The van der Waals surface area contributed by atoms with Gasteiger partial charge in [0.25, 0.3) is 0 Å². The standard InChI is InChI=1S/C14H18ClFN2O2/c1-9(2)18(10(3)19)7-6-14(20)17-11-4-5-13(16)12(15)8-11/h4-5,8-9H,6-7H2,1-3H3,(H,17,20). The first-order valence-corrected chi connectivity index (χ1v) is 6.71. The fourth-order valence-electron chi connectivity index (χ4n) is 1.80. The summed E-state index contributed by atoms with van der Waals surface area (Å²) in [4.78, 5) is 24.8. The van der Waals surface area contributed by atoms with Crippen molar-refractivity contribution in [3.8, 4) is 0 Å². The smallest absolute Gasteiger partial charge is 0.226 e. The predicted molar refractivity (Wildman–Crippen MR) is 77.2 cm³/mol. The number of anilines is 1. The van der Waals surface area contributed by atoms with E-state index in [1.807, 2.05) is 13.8 Å². The van der Waals surface area contributed by atoms with E-state index in [0.29, 0.717) is 12.2 Å². The van der Waals surface area contributed by atoms with Crippen LogP contribution in [0.3, 0.4) is 0 Å². The van der Waals surface area contributed by atoms with Crippen LogP contribution in [0.2, 0.25) is 5.02 Å². The van der Waals surface area contributed by atoms with E-state index >= 15 is 0 Å². The summed E-state index contributed by atoms with van der Waals surface area (Å²) >= 11 is 5.63. The summed E-state index contributed by atoms with van der Waals surface area (Å²) in [5.74, 6) is -0.857. The molecule has 110 valence electrons. The van der Waals surface area contributed by atoms with Crippen LogP contribution in [0.15, 0.2) is 18.2 Å². The summed E-state index contributed by atoms with van der Waals surface area (Å²) in [5.41, 5.74) is 0.431. The summed E-state index contributed by atoms with van der Waals surface area (Å²) in [6, 6.07) is 4.01. The molecular formula is C14H18ClFN2O2. The van der Waals surface area contributed by atoms with E-state index in [0.717, 1.165) is 0 Å². The molecule has 0 aliphatic rings. The van der Waals surface area contributed by atoms with Crippen molar-refractivity contribution in [3.63, 3.8) is 0 Å². The second-order valence-corrected chi connectivity index (χ2v) is 5.14. The minimum absolute atomic E-state index is 0.0422. The summed E-state index contributed by atoms with van der Waals surface area (Å²) in [6.45, 7) is 5.59. The highest BCUT2D eigenvalue weighted by atomic mass is 35.5. The number of nitrogens with zero attached hydrogens (tertiary/aromatic N) is 1. The second kappa shape index (κ2) is 7.24. The molecule has 0 aromatic heterocycles. The number of hydrogen-bond donors (Lipinski definition) is 1. The molecule has 0 saturated carbocycles. The van der Waals surface area contributed by atoms with Crippen LogP contribution in [0, 0.1) is 5.82 Å². The van der Waals surface area contributed by atoms with Crippen LogP contribution < -0.4 is 5.32 Å². The van der Waals surface area contributed by atoms with Gasteiger partial charge in [-0.05, 0) is 32.0 Å². The van der Waals surface area contributed by atoms with Gasteiger partial charge < -0.3 is 10.2 Å². The molecule has 1 N–H and O–H groups in total. The van der Waals surface area contributed by atoms with Crippen LogP contribution in [-0.2, 0) is 9.59 Å². The lowest BCUT2D eigenvalue weighted by Crippen LogP contribution is -2.37. The van der Waals surface area contributed by atoms with Crippen LogP contribution in [0.4, 0.5) is 10.1 Å². The van der Waals surface area contributed by atoms with Gasteiger partial charge in [0.15, 0.2) is 0 Å². The van der Waals surface area contributed by atoms with Gasteiger partial charge in [0.1, 0.15) is 5.82 Å². The van der Waals surface area contributed by atoms with Crippen molar-refractivity contribution in [3.05, 3.63) is 29.0 Å². The maximum absolute atomic E-state index is 13.0. The molecule has 20 heavy (non-hydrogen) atoms. The largest absolute Gasteiger partial charge is 0.340 e. The molecule has 2 amide bonds. The van der Waals surface area contributed by atoms with Crippen LogP contribution >= 0.6 is 11.6 Å². The Morgan fingerprint density at radius 3 is 2.55 bits per heavy atom. The van der Waals surface area contributed by atoms with Gasteiger partial charge in [0.2, 0.25) is 11.8 Å². The van der Waals surface area contributed by atoms with Gasteiger partial charge in [0.05, 0.1) is 5.02 Å². The Balaban J connectivity index is 2.55. The normalized spacial score (nSPS) is 10.5. The zero-order chi connectivity index (χ0) is 15.3. The Hall–Kier alpha value is -1.62. The van der Waals surface area contributed by atoms with Crippen LogP contribution in [-0.4, -0.2) is 29.3 Å². The van der Waals surface area contributed by atoms with Gasteiger partial charge in [0, 0.05) is 31.6 Å². The zero-order valence-electron chi connectivity index (χ0n) is 11.7. The Kier molecular flexibility index (Phi) is 5.95. The third-order valence-corrected chi connectivity index (χ3v) is 3.10. The molecule has 1 aromatic carbocycles. The Bertz CT molecular complexity index is 506. The van der Waals surface area contributed by atoms with Gasteiger partial charge in [-0.15, -0.1) is 0 Å². The number of carbonyl (C=O) groups excluding carboxylic acids is 2. The molecule has 0 atom stereocenters. The number of carbonyl (C=O) groups is 2. The van der Waals surface area contributed by atoms with Crippen molar-refractivity contribution in [1.82, 2.24) is 4.90 Å². The van der Waals surface area contributed by atoms with Crippen molar-refractivity contribution in [2.24, 2.45) is 0 Å². The zero-order valence-corrected chi connectivity index (χ0v) is 12.5. The van der Waals surface area contributed by atoms with Crippen molar-refractivity contribution in [1.29, 1.82) is 0 Å². The van der Waals surface area contributed by atoms with Crippen molar-refractivity contribution < 1.29 is 14.0 Å². The molecule has 0 bridgehead atoms. The lowest BCUT2D eigenvalue weighted by molar-refractivity contribution is -0.130. The predicted octanol–water partition coefficient (Wildman–Crippen LogP) is 3.06. The van der Waals surface area contributed by atoms with E-state index in [1.54, 1.807) is 4.90 Å². The number of benzene rings is 1. The number of amides is 2. The summed E-state index contributed by atoms with van der Waals surface area (Å²) in [7, 11) is 0. The van der Waals surface area contributed by atoms with E-state index < -0.39 is 5.82 Å². The maximum Gasteiger partial charge on any atom is 0.226 e. The first-order valence-electron chi connectivity index (χ1n) is 6.33. The molecule has 0 heterocycles. The Morgan fingerprint density at radius 1 is 1.40 bits per heavy atom. The summed E-state index contributed by atoms with van der Waals surface area (Å²) < 4.78 is 13.0. The molecule has 0 aliphatic heterocycles. The quantitative estimate of drug-likeness (QED) is 0.908. The first-order chi connectivity index (χ1) is 9.31. The van der Waals surface area contributed by atoms with Crippen LogP contribution in [0.25, 0.3) is 0 Å². The monoisotopic (exact) mass is 300 g/mol. The molecule has 4 nitrogen and oxygen atoms in total. The minimum Gasteiger partial charge on any atom is -0.340 e. The highest BCUT2D eigenvalue weighted by Gasteiger charge is 2.14. The Labute approximate surface area is 122 Å². The lowest BCUT2D eigenvalue weighted by Gasteiger charge is -2.24. The summed E-state index contributed by atoms with van der Waals surface area (Å²) in [5, 5.41) is 2.57. The van der Waals surface area contributed by atoms with Crippen molar-refractivity contribution in [2.75, 3.05) is 11.9 Å². The molecule has 1 aromatic rings. The number of rotatable bonds is 5. The summed E-state index contributed by atoms with van der Waals surface area (Å²) in [6.07, 6.45) is 0.173.